The molecule has 0 aliphatic carbocycles. The molecule has 2 rings (SSSR count). The SMILES string of the molecule is Cc1nc2cc(CCN(C)C(=O)S)ccc2n1C. The fourth-order valence-corrected chi connectivity index (χ4v) is 2.01. The first-order valence-electron chi connectivity index (χ1n) is 5.85. The molecule has 18 heavy (non-hydrogen) atoms. The Morgan fingerprint density at radius 3 is 2.89 bits per heavy atom. The molecule has 96 valence electrons. The van der Waals surface area contributed by atoms with Gasteiger partial charge in [-0.15, -0.1) is 0 Å². The van der Waals surface area contributed by atoms with Crippen molar-refractivity contribution in [3.63, 3.8) is 0 Å². The fraction of sp³-hybridized carbons (Fsp3) is 0.385. The Kier molecular flexibility index (Phi) is 3.61. The summed E-state index contributed by atoms with van der Waals surface area (Å²) in [7, 11) is 3.76. The summed E-state index contributed by atoms with van der Waals surface area (Å²) in [5, 5.41) is -0.204. The standard InChI is InChI=1S/C13H17N3OS/c1-9-14-11-8-10(4-5-12(11)16(9)3)6-7-15(2)13(17)18/h4-5,8H,6-7H2,1-3H3,(H,17,18). The maximum atomic E-state index is 11.0. The van der Waals surface area contributed by atoms with Crippen LogP contribution in [0.4, 0.5) is 4.79 Å². The quantitative estimate of drug-likeness (QED) is 0.864. The zero-order chi connectivity index (χ0) is 13.3. The molecule has 0 atom stereocenters. The molecule has 0 aliphatic heterocycles. The van der Waals surface area contributed by atoms with Gasteiger partial charge < -0.3 is 9.47 Å². The minimum Gasteiger partial charge on any atom is -0.337 e. The number of nitrogens with zero attached hydrogens (tertiary/aromatic N) is 3. The average Bonchev–Trinajstić information content (AvgIpc) is 2.61. The van der Waals surface area contributed by atoms with E-state index >= 15 is 0 Å². The van der Waals surface area contributed by atoms with E-state index in [-0.39, 0.29) is 5.24 Å². The molecule has 0 spiro atoms. The number of carbonyl (C=O) groups excluding carboxylic acids is 1. The van der Waals surface area contributed by atoms with E-state index < -0.39 is 0 Å². The van der Waals surface area contributed by atoms with Gasteiger partial charge in [0.25, 0.3) is 5.24 Å². The Balaban J connectivity index is 2.18. The molecular formula is C13H17N3OS. The van der Waals surface area contributed by atoms with Gasteiger partial charge in [-0.2, -0.15) is 0 Å². The highest BCUT2D eigenvalue weighted by Gasteiger charge is 2.06. The van der Waals surface area contributed by atoms with E-state index in [1.165, 1.54) is 5.56 Å². The van der Waals surface area contributed by atoms with Gasteiger partial charge in [0.05, 0.1) is 11.0 Å². The van der Waals surface area contributed by atoms with E-state index in [0.29, 0.717) is 6.54 Å². The summed E-state index contributed by atoms with van der Waals surface area (Å²) in [5.41, 5.74) is 3.32. The van der Waals surface area contributed by atoms with Crippen molar-refractivity contribution in [2.45, 2.75) is 13.3 Å². The van der Waals surface area contributed by atoms with Gasteiger partial charge in [0, 0.05) is 20.6 Å². The van der Waals surface area contributed by atoms with Crippen LogP contribution >= 0.6 is 12.6 Å². The molecule has 5 heteroatoms. The molecular weight excluding hydrogens is 246 g/mol. The van der Waals surface area contributed by atoms with Crippen LogP contribution in [0.15, 0.2) is 18.2 Å². The summed E-state index contributed by atoms with van der Waals surface area (Å²) >= 11 is 3.79. The lowest BCUT2D eigenvalue weighted by Gasteiger charge is -2.13. The smallest absolute Gasteiger partial charge is 0.278 e. The molecule has 0 aliphatic rings. The van der Waals surface area contributed by atoms with E-state index in [1.807, 2.05) is 14.0 Å². The number of hydrogen-bond donors (Lipinski definition) is 1. The van der Waals surface area contributed by atoms with Crippen molar-refractivity contribution in [1.82, 2.24) is 14.5 Å². The lowest BCUT2D eigenvalue weighted by atomic mass is 10.1. The second kappa shape index (κ2) is 5.02. The number of likely N-dealkylation sites (N-methyl/N-ethyl adjacent to an activating group) is 1. The highest BCUT2D eigenvalue weighted by molar-refractivity contribution is 7.96. The number of benzene rings is 1. The van der Waals surface area contributed by atoms with Gasteiger partial charge in [-0.25, -0.2) is 4.98 Å². The van der Waals surface area contributed by atoms with Crippen molar-refractivity contribution in [1.29, 1.82) is 0 Å². The van der Waals surface area contributed by atoms with Crippen LogP contribution in [-0.2, 0) is 13.5 Å². The van der Waals surface area contributed by atoms with E-state index in [2.05, 4.69) is 40.4 Å². The number of amides is 1. The minimum atomic E-state index is -0.204. The van der Waals surface area contributed by atoms with E-state index in [0.717, 1.165) is 23.3 Å². The Bertz CT molecular complexity index is 591. The zero-order valence-electron chi connectivity index (χ0n) is 10.8. The molecule has 0 bridgehead atoms. The van der Waals surface area contributed by atoms with Crippen molar-refractivity contribution < 1.29 is 4.79 Å². The van der Waals surface area contributed by atoms with E-state index in [4.69, 9.17) is 0 Å². The topological polar surface area (TPSA) is 38.1 Å². The molecule has 1 amide bonds. The number of aromatic nitrogens is 2. The Hall–Kier alpha value is -1.49. The Morgan fingerprint density at radius 2 is 2.22 bits per heavy atom. The molecule has 0 saturated carbocycles. The second-order valence-electron chi connectivity index (χ2n) is 4.50. The largest absolute Gasteiger partial charge is 0.337 e. The van der Waals surface area contributed by atoms with Crippen LogP contribution in [0.2, 0.25) is 0 Å². The summed E-state index contributed by atoms with van der Waals surface area (Å²) in [6.07, 6.45) is 0.814. The van der Waals surface area contributed by atoms with Crippen LogP contribution in [-0.4, -0.2) is 33.3 Å². The molecule has 1 aromatic heterocycles. The van der Waals surface area contributed by atoms with Gasteiger partial charge in [0.15, 0.2) is 0 Å². The van der Waals surface area contributed by atoms with Gasteiger partial charge in [0.1, 0.15) is 5.82 Å². The number of rotatable bonds is 3. The molecule has 1 aromatic carbocycles. The predicted octanol–water partition coefficient (Wildman–Crippen LogP) is 2.41. The number of fused-ring (bicyclic) bond motifs is 1. The van der Waals surface area contributed by atoms with Crippen LogP contribution in [0.1, 0.15) is 11.4 Å². The van der Waals surface area contributed by atoms with Crippen molar-refractivity contribution in [3.05, 3.63) is 29.6 Å². The first-order chi connectivity index (χ1) is 8.49. The van der Waals surface area contributed by atoms with Crippen LogP contribution in [0.25, 0.3) is 11.0 Å². The van der Waals surface area contributed by atoms with Crippen LogP contribution in [0, 0.1) is 6.92 Å². The molecule has 0 unspecified atom stereocenters. The minimum absolute atomic E-state index is 0.204. The number of thiol groups is 1. The van der Waals surface area contributed by atoms with Crippen molar-refractivity contribution in [2.75, 3.05) is 13.6 Å². The van der Waals surface area contributed by atoms with Gasteiger partial charge in [0.2, 0.25) is 0 Å². The van der Waals surface area contributed by atoms with Crippen molar-refractivity contribution in [2.24, 2.45) is 7.05 Å². The van der Waals surface area contributed by atoms with Gasteiger partial charge in [-0.3, -0.25) is 4.79 Å². The predicted molar refractivity (Wildman–Crippen MR) is 76.2 cm³/mol. The average molecular weight is 263 g/mol. The number of hydrogen-bond acceptors (Lipinski definition) is 2. The summed E-state index contributed by atoms with van der Waals surface area (Å²) in [6, 6.07) is 6.24. The lowest BCUT2D eigenvalue weighted by molar-refractivity contribution is 0.234. The third kappa shape index (κ3) is 2.51. The summed E-state index contributed by atoms with van der Waals surface area (Å²) in [6.45, 7) is 2.66. The van der Waals surface area contributed by atoms with Crippen molar-refractivity contribution in [3.8, 4) is 0 Å². The summed E-state index contributed by atoms with van der Waals surface area (Å²) < 4.78 is 2.07. The highest BCUT2D eigenvalue weighted by Crippen LogP contribution is 2.16. The lowest BCUT2D eigenvalue weighted by Crippen LogP contribution is -2.23. The van der Waals surface area contributed by atoms with Crippen LogP contribution in [0.5, 0.6) is 0 Å². The molecule has 0 saturated heterocycles. The number of carbonyl (C=O) groups is 1. The van der Waals surface area contributed by atoms with Gasteiger partial charge >= 0.3 is 0 Å². The van der Waals surface area contributed by atoms with Crippen LogP contribution in [0.3, 0.4) is 0 Å². The summed E-state index contributed by atoms with van der Waals surface area (Å²) in [5.74, 6) is 1.00. The Morgan fingerprint density at radius 1 is 1.50 bits per heavy atom. The third-order valence-corrected chi connectivity index (χ3v) is 3.57. The summed E-state index contributed by atoms with van der Waals surface area (Å²) in [4.78, 5) is 17.1. The molecule has 4 nitrogen and oxygen atoms in total. The number of aryl methyl sites for hydroxylation is 2. The zero-order valence-corrected chi connectivity index (χ0v) is 11.7. The normalized spacial score (nSPS) is 10.9. The fourth-order valence-electron chi connectivity index (χ4n) is 1.91. The maximum Gasteiger partial charge on any atom is 0.278 e. The van der Waals surface area contributed by atoms with Gasteiger partial charge in [-0.05, 0) is 31.0 Å². The third-order valence-electron chi connectivity index (χ3n) is 3.23. The first kappa shape index (κ1) is 13.0. The van der Waals surface area contributed by atoms with Gasteiger partial charge in [-0.1, -0.05) is 18.7 Å². The first-order valence-corrected chi connectivity index (χ1v) is 6.30. The molecule has 0 radical (unpaired) electrons. The molecule has 0 fully saturated rings. The highest BCUT2D eigenvalue weighted by atomic mass is 32.1. The van der Waals surface area contributed by atoms with Crippen LogP contribution < -0.4 is 0 Å². The second-order valence-corrected chi connectivity index (χ2v) is 4.88. The molecule has 1 heterocycles. The van der Waals surface area contributed by atoms with Crippen molar-refractivity contribution >= 4 is 28.9 Å². The monoisotopic (exact) mass is 263 g/mol. The number of imidazole rings is 1. The maximum absolute atomic E-state index is 11.0. The Labute approximate surface area is 112 Å². The molecule has 2 aromatic rings. The van der Waals surface area contributed by atoms with E-state index in [1.54, 1.807) is 11.9 Å². The molecule has 0 N–H and O–H groups in total. The van der Waals surface area contributed by atoms with E-state index in [9.17, 15) is 4.79 Å².